The van der Waals surface area contributed by atoms with E-state index in [2.05, 4.69) is 20.2 Å². The highest BCUT2D eigenvalue weighted by Gasteiger charge is 2.09. The first kappa shape index (κ1) is 15.7. The van der Waals surface area contributed by atoms with E-state index in [-0.39, 0.29) is 11.7 Å². The summed E-state index contributed by atoms with van der Waals surface area (Å²) in [5, 5.41) is 2.70. The molecular weight excluding hydrogens is 304 g/mol. The third kappa shape index (κ3) is 3.98. The molecule has 6 heteroatoms. The number of anilines is 2. The van der Waals surface area contributed by atoms with Crippen molar-refractivity contribution >= 4 is 17.4 Å². The summed E-state index contributed by atoms with van der Waals surface area (Å²) < 4.78 is 5.05. The molecule has 0 fully saturated rings. The van der Waals surface area contributed by atoms with Gasteiger partial charge >= 0.3 is 0 Å². The Hall–Kier alpha value is -3.15. The zero-order valence-electron chi connectivity index (χ0n) is 13.3. The van der Waals surface area contributed by atoms with E-state index in [4.69, 9.17) is 4.42 Å². The van der Waals surface area contributed by atoms with Crippen LogP contribution in [-0.4, -0.2) is 29.5 Å². The molecule has 3 heterocycles. The lowest BCUT2D eigenvalue weighted by molar-refractivity contribution is 0.0996. The number of amides is 1. The fraction of sp³-hybridized carbons (Fsp3) is 0.167. The molecule has 1 amide bonds. The van der Waals surface area contributed by atoms with Crippen LogP contribution in [0.1, 0.15) is 16.1 Å². The van der Waals surface area contributed by atoms with Gasteiger partial charge in [0.2, 0.25) is 0 Å². The van der Waals surface area contributed by atoms with Gasteiger partial charge in [-0.2, -0.15) is 0 Å². The van der Waals surface area contributed by atoms with Crippen LogP contribution in [0.2, 0.25) is 0 Å². The molecule has 0 aliphatic carbocycles. The van der Waals surface area contributed by atoms with Gasteiger partial charge in [-0.3, -0.25) is 9.78 Å². The minimum atomic E-state index is -0.314. The Labute approximate surface area is 140 Å². The lowest BCUT2D eigenvalue weighted by Crippen LogP contribution is -2.20. The lowest BCUT2D eigenvalue weighted by atomic mass is 10.2. The van der Waals surface area contributed by atoms with Crippen molar-refractivity contribution in [1.82, 2.24) is 9.97 Å². The standard InChI is InChI=1S/C18H18N4O2/c1-22(11-8-14-6-9-19-10-7-14)15-4-5-17(20-13-15)21-18(23)16-3-2-12-24-16/h2-7,9-10,12-13H,8,11H2,1H3,(H,20,21,23). The first-order valence-corrected chi connectivity index (χ1v) is 7.63. The van der Waals surface area contributed by atoms with Crippen LogP contribution in [0.5, 0.6) is 0 Å². The summed E-state index contributed by atoms with van der Waals surface area (Å²) in [7, 11) is 2.01. The molecule has 0 aliphatic heterocycles. The van der Waals surface area contributed by atoms with Gasteiger partial charge in [-0.25, -0.2) is 4.98 Å². The van der Waals surface area contributed by atoms with E-state index < -0.39 is 0 Å². The Kier molecular flexibility index (Phi) is 4.86. The van der Waals surface area contributed by atoms with Crippen LogP contribution >= 0.6 is 0 Å². The number of hydrogen-bond acceptors (Lipinski definition) is 5. The maximum atomic E-state index is 11.9. The first-order chi connectivity index (χ1) is 11.7. The number of carbonyl (C=O) groups is 1. The summed E-state index contributed by atoms with van der Waals surface area (Å²) in [6.45, 7) is 0.865. The zero-order valence-corrected chi connectivity index (χ0v) is 13.3. The van der Waals surface area contributed by atoms with Crippen LogP contribution in [0.15, 0.2) is 65.7 Å². The van der Waals surface area contributed by atoms with Crippen molar-refractivity contribution in [2.45, 2.75) is 6.42 Å². The van der Waals surface area contributed by atoms with Crippen molar-refractivity contribution < 1.29 is 9.21 Å². The molecular formula is C18H18N4O2. The molecule has 3 rings (SSSR count). The van der Waals surface area contributed by atoms with Crippen LogP contribution < -0.4 is 10.2 Å². The molecule has 3 aromatic heterocycles. The highest BCUT2D eigenvalue weighted by Crippen LogP contribution is 2.15. The van der Waals surface area contributed by atoms with Gasteiger partial charge in [0.15, 0.2) is 5.76 Å². The quantitative estimate of drug-likeness (QED) is 0.755. The normalized spacial score (nSPS) is 10.4. The predicted molar refractivity (Wildman–Crippen MR) is 92.1 cm³/mol. The molecule has 0 atom stereocenters. The molecule has 122 valence electrons. The topological polar surface area (TPSA) is 71.3 Å². The van der Waals surface area contributed by atoms with E-state index in [0.717, 1.165) is 18.7 Å². The van der Waals surface area contributed by atoms with Gasteiger partial charge < -0.3 is 14.6 Å². The molecule has 3 aromatic rings. The smallest absolute Gasteiger partial charge is 0.292 e. The predicted octanol–water partition coefficient (Wildman–Crippen LogP) is 3.00. The van der Waals surface area contributed by atoms with Gasteiger partial charge in [0.05, 0.1) is 18.1 Å². The minimum absolute atomic E-state index is 0.260. The summed E-state index contributed by atoms with van der Waals surface area (Å²) in [5.74, 6) is 0.435. The molecule has 0 bridgehead atoms. The van der Waals surface area contributed by atoms with Gasteiger partial charge in [0, 0.05) is 26.0 Å². The van der Waals surface area contributed by atoms with Crippen molar-refractivity contribution in [2.75, 3.05) is 23.8 Å². The lowest BCUT2D eigenvalue weighted by Gasteiger charge is -2.19. The molecule has 0 saturated carbocycles. The third-order valence-electron chi connectivity index (χ3n) is 3.66. The average molecular weight is 322 g/mol. The number of rotatable bonds is 6. The Bertz CT molecular complexity index is 771. The van der Waals surface area contributed by atoms with Crippen LogP contribution in [-0.2, 0) is 6.42 Å². The molecule has 0 spiro atoms. The molecule has 0 unspecified atom stereocenters. The van der Waals surface area contributed by atoms with Crippen molar-refractivity contribution in [1.29, 1.82) is 0 Å². The molecule has 0 saturated heterocycles. The number of furan rings is 1. The second-order valence-corrected chi connectivity index (χ2v) is 5.36. The number of aromatic nitrogens is 2. The molecule has 1 N–H and O–H groups in total. The van der Waals surface area contributed by atoms with Crippen molar-refractivity contribution in [3.63, 3.8) is 0 Å². The summed E-state index contributed by atoms with van der Waals surface area (Å²) in [6, 6.07) is 11.0. The van der Waals surface area contributed by atoms with Crippen molar-refractivity contribution in [3.8, 4) is 0 Å². The van der Waals surface area contributed by atoms with Gasteiger partial charge in [0.25, 0.3) is 5.91 Å². The number of likely N-dealkylation sites (N-methyl/N-ethyl adjacent to an activating group) is 1. The zero-order chi connectivity index (χ0) is 16.8. The summed E-state index contributed by atoms with van der Waals surface area (Å²) in [5.41, 5.74) is 2.23. The summed E-state index contributed by atoms with van der Waals surface area (Å²) in [6.07, 6.45) is 7.73. The van der Waals surface area contributed by atoms with E-state index in [9.17, 15) is 4.79 Å². The van der Waals surface area contributed by atoms with Crippen molar-refractivity contribution in [3.05, 3.63) is 72.6 Å². The third-order valence-corrected chi connectivity index (χ3v) is 3.66. The summed E-state index contributed by atoms with van der Waals surface area (Å²) in [4.78, 5) is 22.3. The van der Waals surface area contributed by atoms with Crippen LogP contribution in [0.4, 0.5) is 11.5 Å². The molecule has 24 heavy (non-hydrogen) atoms. The van der Waals surface area contributed by atoms with Gasteiger partial charge in [0.1, 0.15) is 5.82 Å². The van der Waals surface area contributed by atoms with E-state index >= 15 is 0 Å². The fourth-order valence-corrected chi connectivity index (χ4v) is 2.25. The number of nitrogens with one attached hydrogen (secondary N) is 1. The minimum Gasteiger partial charge on any atom is -0.459 e. The van der Waals surface area contributed by atoms with Gasteiger partial charge in [-0.1, -0.05) is 0 Å². The fourth-order valence-electron chi connectivity index (χ4n) is 2.25. The highest BCUT2D eigenvalue weighted by molar-refractivity contribution is 6.01. The first-order valence-electron chi connectivity index (χ1n) is 7.63. The Balaban J connectivity index is 1.56. The monoisotopic (exact) mass is 322 g/mol. The van der Waals surface area contributed by atoms with E-state index in [1.807, 2.05) is 25.2 Å². The van der Waals surface area contributed by atoms with E-state index in [0.29, 0.717) is 5.82 Å². The Morgan fingerprint density at radius 1 is 1.21 bits per heavy atom. The number of carbonyl (C=O) groups excluding carboxylic acids is 1. The Morgan fingerprint density at radius 2 is 2.04 bits per heavy atom. The maximum Gasteiger partial charge on any atom is 0.292 e. The van der Waals surface area contributed by atoms with Gasteiger partial charge in [-0.15, -0.1) is 0 Å². The molecule has 0 radical (unpaired) electrons. The van der Waals surface area contributed by atoms with E-state index in [1.54, 1.807) is 36.8 Å². The van der Waals surface area contributed by atoms with Crippen LogP contribution in [0.3, 0.4) is 0 Å². The van der Waals surface area contributed by atoms with Crippen LogP contribution in [0, 0.1) is 0 Å². The number of nitrogens with zero attached hydrogens (tertiary/aromatic N) is 3. The van der Waals surface area contributed by atoms with Gasteiger partial charge in [-0.05, 0) is 48.4 Å². The Morgan fingerprint density at radius 3 is 2.71 bits per heavy atom. The average Bonchev–Trinajstić information content (AvgIpc) is 3.16. The molecule has 0 aromatic carbocycles. The largest absolute Gasteiger partial charge is 0.459 e. The summed E-state index contributed by atoms with van der Waals surface area (Å²) >= 11 is 0. The van der Waals surface area contributed by atoms with Crippen LogP contribution in [0.25, 0.3) is 0 Å². The van der Waals surface area contributed by atoms with E-state index in [1.165, 1.54) is 11.8 Å². The number of pyridine rings is 2. The number of hydrogen-bond donors (Lipinski definition) is 1. The second kappa shape index (κ2) is 7.41. The second-order valence-electron chi connectivity index (χ2n) is 5.36. The SMILES string of the molecule is CN(CCc1ccncc1)c1ccc(NC(=O)c2ccco2)nc1. The maximum absolute atomic E-state index is 11.9. The highest BCUT2D eigenvalue weighted by atomic mass is 16.3. The molecule has 0 aliphatic rings. The molecule has 6 nitrogen and oxygen atoms in total. The van der Waals surface area contributed by atoms with Crippen molar-refractivity contribution in [2.24, 2.45) is 0 Å².